The zero-order valence-electron chi connectivity index (χ0n) is 11.9. The molecule has 0 N–H and O–H groups in total. The molecule has 0 nitrogen and oxygen atoms in total. The van der Waals surface area contributed by atoms with Gasteiger partial charge >= 0.3 is 0 Å². The van der Waals surface area contributed by atoms with Crippen molar-refractivity contribution in [1.82, 2.24) is 0 Å². The molecule has 0 aliphatic heterocycles. The van der Waals surface area contributed by atoms with Crippen molar-refractivity contribution in [3.63, 3.8) is 0 Å². The molecule has 0 radical (unpaired) electrons. The van der Waals surface area contributed by atoms with E-state index in [2.05, 4.69) is 25.3 Å². The van der Waals surface area contributed by atoms with Crippen LogP contribution >= 0.6 is 95.2 Å². The molecule has 0 atom stereocenters. The Bertz CT molecular complexity index is 440. The molecule has 0 heterocycles. The molecule has 8 heteroatoms. The second kappa shape index (κ2) is 12.2. The van der Waals surface area contributed by atoms with Crippen LogP contribution in [0, 0.1) is 0 Å². The molecular weight excluding hydrogens is 438 g/mol. The second-order valence-corrected chi connectivity index (χ2v) is 9.09. The van der Waals surface area contributed by atoms with Crippen LogP contribution in [-0.4, -0.2) is 23.0 Å². The smallest absolute Gasteiger partial charge is 0.0797 e. The molecule has 0 unspecified atom stereocenters. The van der Waals surface area contributed by atoms with E-state index in [9.17, 15) is 0 Å². The molecular formula is C14H18Cl4S4. The maximum Gasteiger partial charge on any atom is 0.0797 e. The summed E-state index contributed by atoms with van der Waals surface area (Å²) >= 11 is 37.3. The summed E-state index contributed by atoms with van der Waals surface area (Å²) in [6, 6.07) is 0. The van der Waals surface area contributed by atoms with Crippen molar-refractivity contribution in [2.75, 3.05) is 23.0 Å². The van der Waals surface area contributed by atoms with Crippen molar-refractivity contribution in [2.24, 2.45) is 0 Å². The molecule has 0 aliphatic rings. The maximum absolute atomic E-state index is 6.40. The van der Waals surface area contributed by atoms with Crippen LogP contribution in [-0.2, 0) is 11.5 Å². The quantitative estimate of drug-likeness (QED) is 0.163. The van der Waals surface area contributed by atoms with Crippen molar-refractivity contribution in [3.8, 4) is 0 Å². The van der Waals surface area contributed by atoms with Crippen molar-refractivity contribution >= 4 is 95.2 Å². The van der Waals surface area contributed by atoms with E-state index in [1.165, 1.54) is 0 Å². The molecule has 0 fully saturated rings. The lowest BCUT2D eigenvalue weighted by Crippen LogP contribution is -1.98. The topological polar surface area (TPSA) is 0 Å². The zero-order valence-corrected chi connectivity index (χ0v) is 18.3. The lowest BCUT2D eigenvalue weighted by atomic mass is 10.1. The first kappa shape index (κ1) is 21.8. The van der Waals surface area contributed by atoms with Gasteiger partial charge in [-0.05, 0) is 47.0 Å². The van der Waals surface area contributed by atoms with Gasteiger partial charge in [0, 0.05) is 11.5 Å². The Morgan fingerprint density at radius 3 is 1.32 bits per heavy atom. The number of hydrogen-bond acceptors (Lipinski definition) is 4. The van der Waals surface area contributed by atoms with Gasteiger partial charge in [-0.15, -0.1) is 0 Å². The van der Waals surface area contributed by atoms with Gasteiger partial charge in [-0.25, -0.2) is 0 Å². The highest BCUT2D eigenvalue weighted by Crippen LogP contribution is 2.44. The minimum absolute atomic E-state index is 0.349. The van der Waals surface area contributed by atoms with Crippen LogP contribution in [0.4, 0.5) is 0 Å². The first-order valence-electron chi connectivity index (χ1n) is 6.75. The fraction of sp³-hybridized carbons (Fsp3) is 0.571. The zero-order chi connectivity index (χ0) is 16.5. The fourth-order valence-electron chi connectivity index (χ4n) is 1.71. The lowest BCUT2D eigenvalue weighted by Gasteiger charge is -2.16. The number of benzene rings is 1. The molecule has 1 aromatic rings. The molecule has 126 valence electrons. The highest BCUT2D eigenvalue weighted by molar-refractivity contribution is 7.98. The molecule has 0 saturated heterocycles. The first-order chi connectivity index (χ1) is 10.5. The largest absolute Gasteiger partial charge is 0.179 e. The van der Waals surface area contributed by atoms with Crippen LogP contribution in [0.15, 0.2) is 0 Å². The molecule has 0 spiro atoms. The van der Waals surface area contributed by atoms with Crippen molar-refractivity contribution in [2.45, 2.75) is 24.3 Å². The molecule has 0 aliphatic carbocycles. The lowest BCUT2D eigenvalue weighted by molar-refractivity contribution is 1.12. The summed E-state index contributed by atoms with van der Waals surface area (Å²) in [5.74, 6) is 5.40. The Kier molecular flexibility index (Phi) is 12.1. The van der Waals surface area contributed by atoms with E-state index in [0.717, 1.165) is 58.5 Å². The minimum atomic E-state index is 0.349. The van der Waals surface area contributed by atoms with Gasteiger partial charge < -0.3 is 0 Å². The Morgan fingerprint density at radius 2 is 1.00 bits per heavy atom. The van der Waals surface area contributed by atoms with Crippen molar-refractivity contribution in [3.05, 3.63) is 31.2 Å². The monoisotopic (exact) mass is 454 g/mol. The van der Waals surface area contributed by atoms with Crippen LogP contribution in [0.25, 0.3) is 0 Å². The van der Waals surface area contributed by atoms with Gasteiger partial charge in [0.15, 0.2) is 0 Å². The van der Waals surface area contributed by atoms with E-state index in [0.29, 0.717) is 20.1 Å². The summed E-state index contributed by atoms with van der Waals surface area (Å²) in [5.41, 5.74) is 2.01. The molecule has 0 amide bonds. The molecule has 0 saturated carbocycles. The summed E-state index contributed by atoms with van der Waals surface area (Å²) in [4.78, 5) is 0. The summed E-state index contributed by atoms with van der Waals surface area (Å²) < 4.78 is 0. The molecule has 1 aromatic carbocycles. The average molecular weight is 456 g/mol. The predicted molar refractivity (Wildman–Crippen MR) is 116 cm³/mol. The summed E-state index contributed by atoms with van der Waals surface area (Å²) in [6.45, 7) is 0. The number of thiol groups is 2. The highest BCUT2D eigenvalue weighted by atomic mass is 35.5. The van der Waals surface area contributed by atoms with Gasteiger partial charge in [0.2, 0.25) is 0 Å². The Labute approximate surface area is 172 Å². The summed E-state index contributed by atoms with van der Waals surface area (Å²) in [6.07, 6.45) is 2.12. The highest BCUT2D eigenvalue weighted by Gasteiger charge is 2.20. The molecule has 0 bridgehead atoms. The number of rotatable bonds is 10. The van der Waals surface area contributed by atoms with Crippen molar-refractivity contribution in [1.29, 1.82) is 0 Å². The molecule has 1 rings (SSSR count). The van der Waals surface area contributed by atoms with Gasteiger partial charge in [0.05, 0.1) is 20.1 Å². The standard InChI is InChI=1S/C14H18Cl4S4/c15-11-9(7-21-5-1-3-19)10(8-22-6-2-4-20)12(16)14(18)13(11)17/h19-20H,1-8H2. The third-order valence-electron chi connectivity index (χ3n) is 2.86. The predicted octanol–water partition coefficient (Wildman–Crippen LogP) is 7.41. The molecule has 0 aromatic heterocycles. The molecule has 22 heavy (non-hydrogen) atoms. The van der Waals surface area contributed by atoms with Gasteiger partial charge in [0.25, 0.3) is 0 Å². The van der Waals surface area contributed by atoms with E-state index in [-0.39, 0.29) is 0 Å². The fourth-order valence-corrected chi connectivity index (χ4v) is 5.70. The summed E-state index contributed by atoms with van der Waals surface area (Å²) in [7, 11) is 0. The van der Waals surface area contributed by atoms with Gasteiger partial charge in [0.1, 0.15) is 0 Å². The van der Waals surface area contributed by atoms with E-state index in [4.69, 9.17) is 46.4 Å². The average Bonchev–Trinajstić information content (AvgIpc) is 2.52. The SMILES string of the molecule is SCCCSCc1c(Cl)c(Cl)c(Cl)c(Cl)c1CSCCCS. The number of thioether (sulfide) groups is 2. The van der Waals surface area contributed by atoms with Crippen LogP contribution in [0.3, 0.4) is 0 Å². The van der Waals surface area contributed by atoms with Gasteiger partial charge in [-0.2, -0.15) is 48.8 Å². The Morgan fingerprint density at radius 1 is 0.636 bits per heavy atom. The second-order valence-electron chi connectivity index (χ2n) is 4.47. The Hall–Kier alpha value is 1.78. The van der Waals surface area contributed by atoms with E-state index in [1.807, 2.05) is 23.5 Å². The third-order valence-corrected chi connectivity index (χ3v) is 7.51. The first-order valence-corrected chi connectivity index (χ1v) is 11.8. The third kappa shape index (κ3) is 6.59. The number of hydrogen-bond donors (Lipinski definition) is 2. The van der Waals surface area contributed by atoms with Gasteiger partial charge in [-0.3, -0.25) is 0 Å². The van der Waals surface area contributed by atoms with Crippen LogP contribution in [0.5, 0.6) is 0 Å². The normalized spacial score (nSPS) is 11.2. The van der Waals surface area contributed by atoms with E-state index in [1.54, 1.807) is 0 Å². The maximum atomic E-state index is 6.40. The van der Waals surface area contributed by atoms with Gasteiger partial charge in [-0.1, -0.05) is 46.4 Å². The Balaban J connectivity index is 2.93. The van der Waals surface area contributed by atoms with E-state index >= 15 is 0 Å². The van der Waals surface area contributed by atoms with Crippen LogP contribution in [0.2, 0.25) is 20.1 Å². The number of halogens is 4. The van der Waals surface area contributed by atoms with E-state index < -0.39 is 0 Å². The van der Waals surface area contributed by atoms with Crippen LogP contribution < -0.4 is 0 Å². The summed E-state index contributed by atoms with van der Waals surface area (Å²) in [5, 5.41) is 1.75. The van der Waals surface area contributed by atoms with Crippen LogP contribution in [0.1, 0.15) is 24.0 Å². The van der Waals surface area contributed by atoms with Crippen molar-refractivity contribution < 1.29 is 0 Å². The minimum Gasteiger partial charge on any atom is -0.179 e.